The molecule has 0 aliphatic carbocycles. The second-order valence-corrected chi connectivity index (χ2v) is 6.86. The number of nitrogens with one attached hydrogen (secondary N) is 1. The fourth-order valence-electron chi connectivity index (χ4n) is 2.19. The fourth-order valence-corrected chi connectivity index (χ4v) is 3.16. The molecule has 3 rings (SSSR count). The summed E-state index contributed by atoms with van der Waals surface area (Å²) in [6, 6.07) is 16.2. The number of rotatable bonds is 5. The molecule has 118 valence electrons. The van der Waals surface area contributed by atoms with E-state index >= 15 is 0 Å². The molecular weight excluding hydrogens is 312 g/mol. The monoisotopic (exact) mass is 328 g/mol. The Kier molecular flexibility index (Phi) is 4.12. The molecule has 0 atom stereocenters. The lowest BCUT2D eigenvalue weighted by Gasteiger charge is -2.04. The molecule has 23 heavy (non-hydrogen) atoms. The Balaban J connectivity index is 1.75. The summed E-state index contributed by atoms with van der Waals surface area (Å²) in [5, 5.41) is 4.16. The fraction of sp³-hybridized carbons (Fsp3) is 0.125. The first kappa shape index (κ1) is 15.2. The van der Waals surface area contributed by atoms with Crippen LogP contribution >= 0.6 is 0 Å². The molecule has 3 aromatic rings. The predicted octanol–water partition coefficient (Wildman–Crippen LogP) is 2.44. The number of benzene rings is 2. The predicted molar refractivity (Wildman–Crippen MR) is 87.6 cm³/mol. The minimum Gasteiger partial charge on any atom is -0.246 e. The molecule has 0 aliphatic rings. The number of sulfonamides is 1. The van der Waals surface area contributed by atoms with Crippen LogP contribution in [-0.2, 0) is 16.6 Å². The van der Waals surface area contributed by atoms with Gasteiger partial charge in [-0.25, -0.2) is 17.8 Å². The normalized spacial score (nSPS) is 11.3. The number of hydrogen-bond acceptors (Lipinski definition) is 4. The molecule has 0 fully saturated rings. The van der Waals surface area contributed by atoms with Crippen LogP contribution in [0.5, 0.6) is 0 Å². The van der Waals surface area contributed by atoms with Gasteiger partial charge in [0.2, 0.25) is 0 Å². The number of aryl methyl sites for hydroxylation is 1. The maximum atomic E-state index is 12.2. The molecule has 0 amide bonds. The molecule has 0 bridgehead atoms. The van der Waals surface area contributed by atoms with Gasteiger partial charge < -0.3 is 0 Å². The third-order valence-electron chi connectivity index (χ3n) is 3.24. The molecule has 1 heterocycles. The van der Waals surface area contributed by atoms with Crippen molar-refractivity contribution in [2.24, 2.45) is 0 Å². The molecule has 0 saturated carbocycles. The second-order valence-electron chi connectivity index (χ2n) is 5.17. The van der Waals surface area contributed by atoms with Gasteiger partial charge in [0.1, 0.15) is 6.33 Å². The van der Waals surface area contributed by atoms with E-state index in [0.29, 0.717) is 6.54 Å². The van der Waals surface area contributed by atoms with Crippen molar-refractivity contribution in [1.29, 1.82) is 0 Å². The quantitative estimate of drug-likeness (QED) is 0.780. The number of aromatic nitrogens is 3. The van der Waals surface area contributed by atoms with Crippen LogP contribution in [0.4, 0.5) is 5.95 Å². The molecule has 0 unspecified atom stereocenters. The molecule has 0 spiro atoms. The van der Waals surface area contributed by atoms with E-state index in [4.69, 9.17) is 0 Å². The van der Waals surface area contributed by atoms with Crippen LogP contribution in [0.15, 0.2) is 65.8 Å². The molecule has 6 nitrogen and oxygen atoms in total. The standard InChI is InChI=1S/C16H16N4O2S/c1-13-6-5-7-14(10-13)11-20-12-17-16(18-20)19-23(21,22)15-8-3-2-4-9-15/h2-10,12H,11H2,1H3,(H,18,19). The SMILES string of the molecule is Cc1cccc(Cn2cnc(NS(=O)(=O)c3ccccc3)n2)c1. The van der Waals surface area contributed by atoms with Gasteiger partial charge in [0.05, 0.1) is 11.4 Å². The molecule has 2 aromatic carbocycles. The second kappa shape index (κ2) is 6.21. The molecule has 0 aliphatic heterocycles. The van der Waals surface area contributed by atoms with Gasteiger partial charge in [-0.05, 0) is 24.6 Å². The van der Waals surface area contributed by atoms with E-state index in [0.717, 1.165) is 11.1 Å². The van der Waals surface area contributed by atoms with Crippen LogP contribution in [0.2, 0.25) is 0 Å². The molecule has 0 radical (unpaired) electrons. The Morgan fingerprint density at radius 2 is 1.87 bits per heavy atom. The Morgan fingerprint density at radius 3 is 2.61 bits per heavy atom. The average Bonchev–Trinajstić information content (AvgIpc) is 2.94. The summed E-state index contributed by atoms with van der Waals surface area (Å²) in [5.41, 5.74) is 2.24. The third-order valence-corrected chi connectivity index (χ3v) is 4.59. The summed E-state index contributed by atoms with van der Waals surface area (Å²) < 4.78 is 28.4. The van der Waals surface area contributed by atoms with Gasteiger partial charge in [-0.15, -0.1) is 5.10 Å². The van der Waals surface area contributed by atoms with Crippen molar-refractivity contribution in [3.05, 3.63) is 72.1 Å². The van der Waals surface area contributed by atoms with E-state index in [1.165, 1.54) is 18.5 Å². The van der Waals surface area contributed by atoms with Crippen molar-refractivity contribution < 1.29 is 8.42 Å². The van der Waals surface area contributed by atoms with Gasteiger partial charge in [-0.1, -0.05) is 48.0 Å². The lowest BCUT2D eigenvalue weighted by atomic mass is 10.1. The zero-order chi connectivity index (χ0) is 16.3. The van der Waals surface area contributed by atoms with Crippen molar-refractivity contribution in [3.63, 3.8) is 0 Å². The molecule has 1 N–H and O–H groups in total. The summed E-state index contributed by atoms with van der Waals surface area (Å²) in [6.07, 6.45) is 1.51. The van der Waals surface area contributed by atoms with Crippen molar-refractivity contribution >= 4 is 16.0 Å². The van der Waals surface area contributed by atoms with Crippen LogP contribution in [0.3, 0.4) is 0 Å². The van der Waals surface area contributed by atoms with E-state index in [1.807, 2.05) is 25.1 Å². The average molecular weight is 328 g/mol. The van der Waals surface area contributed by atoms with Gasteiger partial charge in [0.15, 0.2) is 0 Å². The minimum absolute atomic E-state index is 0.0570. The molecular formula is C16H16N4O2S. The van der Waals surface area contributed by atoms with Gasteiger partial charge in [-0.2, -0.15) is 4.98 Å². The van der Waals surface area contributed by atoms with Crippen molar-refractivity contribution in [1.82, 2.24) is 14.8 Å². The summed E-state index contributed by atoms with van der Waals surface area (Å²) in [4.78, 5) is 4.18. The Morgan fingerprint density at radius 1 is 1.09 bits per heavy atom. The Hall–Kier alpha value is -2.67. The van der Waals surface area contributed by atoms with Gasteiger partial charge in [0, 0.05) is 0 Å². The minimum atomic E-state index is -3.67. The number of anilines is 1. The van der Waals surface area contributed by atoms with Gasteiger partial charge in [0.25, 0.3) is 16.0 Å². The van der Waals surface area contributed by atoms with Crippen LogP contribution in [0.1, 0.15) is 11.1 Å². The van der Waals surface area contributed by atoms with Gasteiger partial charge in [-0.3, -0.25) is 0 Å². The zero-order valence-corrected chi connectivity index (χ0v) is 13.4. The molecule has 0 saturated heterocycles. The van der Waals surface area contributed by atoms with Crippen LogP contribution in [0, 0.1) is 6.92 Å². The van der Waals surface area contributed by atoms with Crippen LogP contribution < -0.4 is 4.72 Å². The third kappa shape index (κ3) is 3.75. The van der Waals surface area contributed by atoms with E-state index in [-0.39, 0.29) is 10.8 Å². The van der Waals surface area contributed by atoms with E-state index in [2.05, 4.69) is 20.9 Å². The largest absolute Gasteiger partial charge is 0.264 e. The zero-order valence-electron chi connectivity index (χ0n) is 12.5. The summed E-state index contributed by atoms with van der Waals surface area (Å²) in [6.45, 7) is 2.55. The Labute approximate surface area is 134 Å². The maximum absolute atomic E-state index is 12.2. The van der Waals surface area contributed by atoms with E-state index in [1.54, 1.807) is 22.9 Å². The summed E-state index contributed by atoms with van der Waals surface area (Å²) in [5.74, 6) is 0.0570. The van der Waals surface area contributed by atoms with Crippen molar-refractivity contribution in [2.75, 3.05) is 4.72 Å². The topological polar surface area (TPSA) is 76.9 Å². The number of nitrogens with zero attached hydrogens (tertiary/aromatic N) is 3. The van der Waals surface area contributed by atoms with Crippen LogP contribution in [-0.4, -0.2) is 23.2 Å². The van der Waals surface area contributed by atoms with Crippen molar-refractivity contribution in [2.45, 2.75) is 18.4 Å². The highest BCUT2D eigenvalue weighted by atomic mass is 32.2. The molecule has 7 heteroatoms. The lowest BCUT2D eigenvalue weighted by molar-refractivity contribution is 0.600. The molecule has 1 aromatic heterocycles. The summed E-state index contributed by atoms with van der Waals surface area (Å²) >= 11 is 0. The highest BCUT2D eigenvalue weighted by Gasteiger charge is 2.15. The first-order valence-electron chi connectivity index (χ1n) is 7.06. The van der Waals surface area contributed by atoms with Gasteiger partial charge >= 0.3 is 0 Å². The lowest BCUT2D eigenvalue weighted by Crippen LogP contribution is -2.14. The van der Waals surface area contributed by atoms with Crippen molar-refractivity contribution in [3.8, 4) is 0 Å². The van der Waals surface area contributed by atoms with E-state index < -0.39 is 10.0 Å². The summed E-state index contributed by atoms with van der Waals surface area (Å²) in [7, 11) is -3.67. The number of hydrogen-bond donors (Lipinski definition) is 1. The first-order chi connectivity index (χ1) is 11.0. The van der Waals surface area contributed by atoms with Crippen LogP contribution in [0.25, 0.3) is 0 Å². The van der Waals surface area contributed by atoms with E-state index in [9.17, 15) is 8.42 Å². The first-order valence-corrected chi connectivity index (χ1v) is 8.54. The highest BCUT2D eigenvalue weighted by molar-refractivity contribution is 7.92. The smallest absolute Gasteiger partial charge is 0.246 e. The highest BCUT2D eigenvalue weighted by Crippen LogP contribution is 2.12. The Bertz CT molecular complexity index is 905. The maximum Gasteiger partial charge on any atom is 0.264 e.